The summed E-state index contributed by atoms with van der Waals surface area (Å²) >= 11 is 0. The number of amides is 1. The molecule has 0 spiro atoms. The molecule has 0 aromatic heterocycles. The molecule has 2 N–H and O–H groups in total. The van der Waals surface area contributed by atoms with Gasteiger partial charge in [-0.15, -0.1) is 6.42 Å². The molecular weight excluding hydrogens is 269 g/mol. The van der Waals surface area contributed by atoms with E-state index in [-0.39, 0.29) is 12.5 Å². The van der Waals surface area contributed by atoms with Crippen LogP contribution in [0.5, 0.6) is 0 Å². The molecule has 0 saturated heterocycles. The van der Waals surface area contributed by atoms with Crippen molar-refractivity contribution in [2.24, 2.45) is 0 Å². The molecular formula is C14H15F3N2O. The van der Waals surface area contributed by atoms with Gasteiger partial charge in [0.05, 0.1) is 18.2 Å². The van der Waals surface area contributed by atoms with Gasteiger partial charge in [0.1, 0.15) is 0 Å². The summed E-state index contributed by atoms with van der Waals surface area (Å²) in [5, 5.41) is 5.41. The minimum absolute atomic E-state index is 0.144. The van der Waals surface area contributed by atoms with E-state index in [1.807, 2.05) is 0 Å². The van der Waals surface area contributed by atoms with E-state index in [1.165, 1.54) is 12.1 Å². The molecule has 108 valence electrons. The Balaban J connectivity index is 2.50. The lowest BCUT2D eigenvalue weighted by Crippen LogP contribution is -2.41. The van der Waals surface area contributed by atoms with E-state index in [2.05, 4.69) is 16.6 Å². The fraction of sp³-hybridized carbons (Fsp3) is 0.357. The van der Waals surface area contributed by atoms with E-state index in [1.54, 1.807) is 6.92 Å². The average molecular weight is 284 g/mol. The maximum Gasteiger partial charge on any atom is 0.416 e. The number of terminal acetylenes is 1. The second kappa shape index (κ2) is 6.96. The molecule has 0 aliphatic rings. The normalized spacial score (nSPS) is 12.6. The highest BCUT2D eigenvalue weighted by atomic mass is 19.4. The lowest BCUT2D eigenvalue weighted by Gasteiger charge is -2.13. The molecule has 3 nitrogen and oxygen atoms in total. The van der Waals surface area contributed by atoms with Crippen LogP contribution in [0.25, 0.3) is 0 Å². The van der Waals surface area contributed by atoms with Crippen LogP contribution in [0.1, 0.15) is 18.1 Å². The number of alkyl halides is 3. The summed E-state index contributed by atoms with van der Waals surface area (Å²) in [4.78, 5) is 11.5. The Morgan fingerprint density at radius 3 is 2.45 bits per heavy atom. The third kappa shape index (κ3) is 4.94. The fourth-order valence-corrected chi connectivity index (χ4v) is 1.47. The Morgan fingerprint density at radius 1 is 1.35 bits per heavy atom. The van der Waals surface area contributed by atoms with E-state index >= 15 is 0 Å². The molecule has 20 heavy (non-hydrogen) atoms. The van der Waals surface area contributed by atoms with Gasteiger partial charge in [0.15, 0.2) is 0 Å². The first-order valence-electron chi connectivity index (χ1n) is 5.95. The summed E-state index contributed by atoms with van der Waals surface area (Å²) in [5.41, 5.74) is -0.0318. The van der Waals surface area contributed by atoms with Gasteiger partial charge in [-0.05, 0) is 24.6 Å². The average Bonchev–Trinajstić information content (AvgIpc) is 2.41. The van der Waals surface area contributed by atoms with Gasteiger partial charge in [-0.1, -0.05) is 18.1 Å². The van der Waals surface area contributed by atoms with Crippen molar-refractivity contribution in [3.8, 4) is 12.3 Å². The topological polar surface area (TPSA) is 41.1 Å². The van der Waals surface area contributed by atoms with E-state index in [0.29, 0.717) is 12.1 Å². The molecule has 1 aromatic rings. The van der Waals surface area contributed by atoms with Crippen LogP contribution < -0.4 is 10.6 Å². The molecule has 0 radical (unpaired) electrons. The summed E-state index contributed by atoms with van der Waals surface area (Å²) in [5.74, 6) is 2.03. The van der Waals surface area contributed by atoms with Crippen molar-refractivity contribution in [3.05, 3.63) is 35.4 Å². The van der Waals surface area contributed by atoms with Gasteiger partial charge < -0.3 is 10.6 Å². The van der Waals surface area contributed by atoms with Crippen LogP contribution in [0.2, 0.25) is 0 Å². The Hall–Kier alpha value is -2.00. The maximum atomic E-state index is 12.4. The lowest BCUT2D eigenvalue weighted by atomic mass is 10.1. The number of carbonyl (C=O) groups excluding carboxylic acids is 1. The molecule has 0 aliphatic heterocycles. The van der Waals surface area contributed by atoms with Crippen LogP contribution in [0.3, 0.4) is 0 Å². The number of halogens is 3. The van der Waals surface area contributed by atoms with Gasteiger partial charge in [0, 0.05) is 6.54 Å². The molecule has 1 aromatic carbocycles. The first-order valence-corrected chi connectivity index (χ1v) is 5.95. The Kier molecular flexibility index (Phi) is 5.59. The Morgan fingerprint density at radius 2 is 1.95 bits per heavy atom. The van der Waals surface area contributed by atoms with Crippen molar-refractivity contribution >= 4 is 5.91 Å². The van der Waals surface area contributed by atoms with Crippen LogP contribution in [-0.2, 0) is 17.5 Å². The number of hydrogen-bond donors (Lipinski definition) is 2. The molecule has 0 saturated carbocycles. The number of hydrogen-bond acceptors (Lipinski definition) is 2. The van der Waals surface area contributed by atoms with Gasteiger partial charge >= 0.3 is 6.18 Å². The molecule has 0 fully saturated rings. The number of benzene rings is 1. The molecule has 1 atom stereocenters. The summed E-state index contributed by atoms with van der Waals surface area (Å²) < 4.78 is 37.1. The van der Waals surface area contributed by atoms with E-state index in [9.17, 15) is 18.0 Å². The van der Waals surface area contributed by atoms with Crippen molar-refractivity contribution in [3.63, 3.8) is 0 Å². The highest BCUT2D eigenvalue weighted by Crippen LogP contribution is 2.28. The van der Waals surface area contributed by atoms with Crippen molar-refractivity contribution < 1.29 is 18.0 Å². The van der Waals surface area contributed by atoms with Crippen molar-refractivity contribution in [2.75, 3.05) is 6.54 Å². The van der Waals surface area contributed by atoms with Crippen LogP contribution in [0, 0.1) is 12.3 Å². The molecule has 1 rings (SSSR count). The minimum atomic E-state index is -4.34. The van der Waals surface area contributed by atoms with Crippen LogP contribution >= 0.6 is 0 Å². The molecule has 6 heteroatoms. The number of carbonyl (C=O) groups is 1. The SMILES string of the molecule is C#CCNC(=O)C(C)NCc1ccc(C(F)(F)F)cc1. The smallest absolute Gasteiger partial charge is 0.344 e. The maximum absolute atomic E-state index is 12.4. The third-order valence-electron chi connectivity index (χ3n) is 2.65. The summed E-state index contributed by atoms with van der Waals surface area (Å²) in [6.07, 6.45) is 0.675. The van der Waals surface area contributed by atoms with Gasteiger partial charge in [-0.2, -0.15) is 13.2 Å². The van der Waals surface area contributed by atoms with Gasteiger partial charge in [0.25, 0.3) is 0 Å². The van der Waals surface area contributed by atoms with Crippen molar-refractivity contribution in [1.82, 2.24) is 10.6 Å². The molecule has 0 aliphatic carbocycles. The number of rotatable bonds is 5. The monoisotopic (exact) mass is 284 g/mol. The standard InChI is InChI=1S/C14H15F3N2O/c1-3-8-18-13(20)10(2)19-9-11-4-6-12(7-5-11)14(15,16)17/h1,4-7,10,19H,8-9H2,2H3,(H,18,20). The van der Waals surface area contributed by atoms with Gasteiger partial charge in [0.2, 0.25) is 5.91 Å². The second-order valence-corrected chi connectivity index (χ2v) is 4.22. The van der Waals surface area contributed by atoms with Crippen LogP contribution in [0.15, 0.2) is 24.3 Å². The first-order chi connectivity index (χ1) is 9.34. The van der Waals surface area contributed by atoms with E-state index in [0.717, 1.165) is 12.1 Å². The number of nitrogens with one attached hydrogen (secondary N) is 2. The predicted octanol–water partition coefficient (Wildman–Crippen LogP) is 1.93. The zero-order chi connectivity index (χ0) is 15.2. The van der Waals surface area contributed by atoms with Crippen LogP contribution in [-0.4, -0.2) is 18.5 Å². The zero-order valence-electron chi connectivity index (χ0n) is 10.9. The van der Waals surface area contributed by atoms with Crippen LogP contribution in [0.4, 0.5) is 13.2 Å². The zero-order valence-corrected chi connectivity index (χ0v) is 10.9. The molecule has 0 bridgehead atoms. The fourth-order valence-electron chi connectivity index (χ4n) is 1.47. The largest absolute Gasteiger partial charge is 0.416 e. The summed E-state index contributed by atoms with van der Waals surface area (Å²) in [6.45, 7) is 2.09. The Labute approximate surface area is 115 Å². The first kappa shape index (κ1) is 16.1. The predicted molar refractivity (Wildman–Crippen MR) is 69.6 cm³/mol. The van der Waals surface area contributed by atoms with E-state index < -0.39 is 17.8 Å². The summed E-state index contributed by atoms with van der Waals surface area (Å²) in [6, 6.07) is 4.30. The highest BCUT2D eigenvalue weighted by molar-refractivity contribution is 5.81. The van der Waals surface area contributed by atoms with E-state index in [4.69, 9.17) is 6.42 Å². The van der Waals surface area contributed by atoms with Gasteiger partial charge in [-0.25, -0.2) is 0 Å². The second-order valence-electron chi connectivity index (χ2n) is 4.22. The molecule has 1 amide bonds. The third-order valence-corrected chi connectivity index (χ3v) is 2.65. The quantitative estimate of drug-likeness (QED) is 0.811. The summed E-state index contributed by atoms with van der Waals surface area (Å²) in [7, 11) is 0. The Bertz CT molecular complexity index is 489. The highest BCUT2D eigenvalue weighted by Gasteiger charge is 2.29. The minimum Gasteiger partial charge on any atom is -0.344 e. The molecule has 0 heterocycles. The van der Waals surface area contributed by atoms with Crippen molar-refractivity contribution in [2.45, 2.75) is 25.7 Å². The lowest BCUT2D eigenvalue weighted by molar-refractivity contribution is -0.137. The molecule has 1 unspecified atom stereocenters. The van der Waals surface area contributed by atoms with Gasteiger partial charge in [-0.3, -0.25) is 4.79 Å². The van der Waals surface area contributed by atoms with Crippen molar-refractivity contribution in [1.29, 1.82) is 0 Å².